The summed E-state index contributed by atoms with van der Waals surface area (Å²) in [4.78, 5) is 2.68. The van der Waals surface area contributed by atoms with Crippen LogP contribution in [0.4, 0.5) is 5.69 Å². The van der Waals surface area contributed by atoms with Gasteiger partial charge >= 0.3 is 0 Å². The Labute approximate surface area is 129 Å². The number of para-hydroxylation sites is 1. The van der Waals surface area contributed by atoms with E-state index in [0.29, 0.717) is 10.6 Å². The van der Waals surface area contributed by atoms with Crippen molar-refractivity contribution in [2.24, 2.45) is 0 Å². The summed E-state index contributed by atoms with van der Waals surface area (Å²) in [6.07, 6.45) is 0.984. The summed E-state index contributed by atoms with van der Waals surface area (Å²) in [7, 11) is -0.314. The second-order valence-corrected chi connectivity index (χ2v) is 7.21. The van der Waals surface area contributed by atoms with Crippen molar-refractivity contribution in [1.29, 1.82) is 0 Å². The molecule has 6 heteroatoms. The molecule has 1 N–H and O–H groups in total. The van der Waals surface area contributed by atoms with Crippen LogP contribution in [0, 0.1) is 0 Å². The van der Waals surface area contributed by atoms with E-state index in [4.69, 9.17) is 0 Å². The lowest BCUT2D eigenvalue weighted by Crippen LogP contribution is -2.26. The molecule has 21 heavy (non-hydrogen) atoms. The van der Waals surface area contributed by atoms with Gasteiger partial charge in [-0.25, -0.2) is 12.7 Å². The summed E-state index contributed by atoms with van der Waals surface area (Å²) >= 11 is 0. The molecule has 0 bridgehead atoms. The third-order valence-corrected chi connectivity index (χ3v) is 5.38. The number of hydrogen-bond acceptors (Lipinski definition) is 4. The smallest absolute Gasteiger partial charge is 0.244 e. The molecule has 0 saturated carbocycles. The van der Waals surface area contributed by atoms with Gasteiger partial charge in [0.15, 0.2) is 0 Å². The van der Waals surface area contributed by atoms with E-state index in [9.17, 15) is 8.42 Å². The van der Waals surface area contributed by atoms with E-state index in [1.807, 2.05) is 12.1 Å². The van der Waals surface area contributed by atoms with E-state index in [-0.39, 0.29) is 0 Å². The highest BCUT2D eigenvalue weighted by Crippen LogP contribution is 2.22. The van der Waals surface area contributed by atoms with Crippen LogP contribution in [0.2, 0.25) is 0 Å². The van der Waals surface area contributed by atoms with Crippen molar-refractivity contribution in [3.05, 3.63) is 24.3 Å². The van der Waals surface area contributed by atoms with Gasteiger partial charge in [0, 0.05) is 20.6 Å². The molecular weight excluding hydrogens is 286 g/mol. The molecule has 0 aliphatic rings. The predicted molar refractivity (Wildman–Crippen MR) is 88.2 cm³/mol. The minimum Gasteiger partial charge on any atom is -0.384 e. The molecule has 0 unspecified atom stereocenters. The molecule has 0 spiro atoms. The number of rotatable bonds is 9. The minimum atomic E-state index is -3.41. The van der Waals surface area contributed by atoms with Gasteiger partial charge in [-0.1, -0.05) is 26.0 Å². The Morgan fingerprint density at radius 3 is 2.29 bits per heavy atom. The molecule has 1 rings (SSSR count). The highest BCUT2D eigenvalue weighted by molar-refractivity contribution is 7.89. The second-order valence-electron chi connectivity index (χ2n) is 5.09. The Morgan fingerprint density at radius 2 is 1.71 bits per heavy atom. The van der Waals surface area contributed by atoms with Crippen LogP contribution in [0.3, 0.4) is 0 Å². The molecule has 0 aliphatic heterocycles. The van der Waals surface area contributed by atoms with Gasteiger partial charge < -0.3 is 10.2 Å². The lowest BCUT2D eigenvalue weighted by atomic mass is 10.3. The first-order valence-electron chi connectivity index (χ1n) is 7.41. The Morgan fingerprint density at radius 1 is 1.10 bits per heavy atom. The summed E-state index contributed by atoms with van der Waals surface area (Å²) in [5, 5.41) is 3.25. The fourth-order valence-electron chi connectivity index (χ4n) is 2.10. The molecule has 5 nitrogen and oxygen atoms in total. The molecule has 1 aromatic carbocycles. The molecule has 1 aromatic rings. The fourth-order valence-corrected chi connectivity index (χ4v) is 3.16. The summed E-state index contributed by atoms with van der Waals surface area (Å²) < 4.78 is 25.8. The number of hydrogen-bond donors (Lipinski definition) is 1. The lowest BCUT2D eigenvalue weighted by Gasteiger charge is -2.19. The summed E-state index contributed by atoms with van der Waals surface area (Å²) in [5.74, 6) is 0. The molecule has 0 atom stereocenters. The molecule has 0 amide bonds. The maximum atomic E-state index is 12.3. The quantitative estimate of drug-likeness (QED) is 0.709. The van der Waals surface area contributed by atoms with Gasteiger partial charge in [0.1, 0.15) is 4.90 Å². The van der Waals surface area contributed by atoms with E-state index in [0.717, 1.165) is 32.6 Å². The third kappa shape index (κ3) is 4.98. The average Bonchev–Trinajstić information content (AvgIpc) is 2.47. The Bertz CT molecular complexity index is 525. The SMILES string of the molecule is CCN(CC)CCCNc1ccccc1S(=O)(=O)N(C)C. The van der Waals surface area contributed by atoms with Crippen LogP contribution in [0.1, 0.15) is 20.3 Å². The van der Waals surface area contributed by atoms with Gasteiger partial charge in [0.05, 0.1) is 5.69 Å². The van der Waals surface area contributed by atoms with Crippen LogP contribution in [-0.4, -0.2) is 57.9 Å². The molecule has 0 saturated heterocycles. The topological polar surface area (TPSA) is 52.7 Å². The van der Waals surface area contributed by atoms with Gasteiger partial charge in [-0.15, -0.1) is 0 Å². The number of nitrogens with one attached hydrogen (secondary N) is 1. The van der Waals surface area contributed by atoms with Gasteiger partial charge in [-0.05, 0) is 38.2 Å². The molecule has 0 fully saturated rings. The summed E-state index contributed by atoms with van der Waals surface area (Å²) in [6.45, 7) is 8.16. The van der Waals surface area contributed by atoms with Crippen LogP contribution in [-0.2, 0) is 10.0 Å². The van der Waals surface area contributed by atoms with E-state index in [1.165, 1.54) is 4.31 Å². The lowest BCUT2D eigenvalue weighted by molar-refractivity contribution is 0.303. The maximum Gasteiger partial charge on any atom is 0.244 e. The highest BCUT2D eigenvalue weighted by atomic mass is 32.2. The average molecular weight is 313 g/mol. The molecule has 120 valence electrons. The van der Waals surface area contributed by atoms with Crippen molar-refractivity contribution in [2.45, 2.75) is 25.2 Å². The van der Waals surface area contributed by atoms with Gasteiger partial charge in [-0.2, -0.15) is 0 Å². The zero-order valence-electron chi connectivity index (χ0n) is 13.5. The first-order valence-corrected chi connectivity index (χ1v) is 8.85. The van der Waals surface area contributed by atoms with Gasteiger partial charge in [0.2, 0.25) is 10.0 Å². The van der Waals surface area contributed by atoms with E-state index in [1.54, 1.807) is 26.2 Å². The Kier molecular flexibility index (Phi) is 7.14. The first kappa shape index (κ1) is 17.9. The maximum absolute atomic E-state index is 12.3. The number of benzene rings is 1. The number of sulfonamides is 1. The largest absolute Gasteiger partial charge is 0.384 e. The number of nitrogens with zero attached hydrogens (tertiary/aromatic N) is 2. The summed E-state index contributed by atoms with van der Waals surface area (Å²) in [6, 6.07) is 7.05. The predicted octanol–water partition coefficient (Wildman–Crippen LogP) is 2.08. The van der Waals surface area contributed by atoms with Crippen LogP contribution < -0.4 is 5.32 Å². The van der Waals surface area contributed by atoms with Crippen LogP contribution in [0.15, 0.2) is 29.2 Å². The molecule has 0 heterocycles. The first-order chi connectivity index (χ1) is 9.93. The highest BCUT2D eigenvalue weighted by Gasteiger charge is 2.20. The zero-order chi connectivity index (χ0) is 15.9. The van der Waals surface area contributed by atoms with E-state index >= 15 is 0 Å². The van der Waals surface area contributed by atoms with Crippen molar-refractivity contribution in [1.82, 2.24) is 9.21 Å². The van der Waals surface area contributed by atoms with E-state index < -0.39 is 10.0 Å². The van der Waals surface area contributed by atoms with Crippen molar-refractivity contribution < 1.29 is 8.42 Å². The molecule has 0 aliphatic carbocycles. The van der Waals surface area contributed by atoms with Crippen LogP contribution >= 0.6 is 0 Å². The van der Waals surface area contributed by atoms with E-state index in [2.05, 4.69) is 24.1 Å². The molecular formula is C15H27N3O2S. The fraction of sp³-hybridized carbons (Fsp3) is 0.600. The second kappa shape index (κ2) is 8.36. The van der Waals surface area contributed by atoms with Crippen molar-refractivity contribution in [3.63, 3.8) is 0 Å². The standard InChI is InChI=1S/C15H27N3O2S/c1-5-18(6-2)13-9-12-16-14-10-7-8-11-15(14)21(19,20)17(3)4/h7-8,10-11,16H,5-6,9,12-13H2,1-4H3. The van der Waals surface area contributed by atoms with Crippen LogP contribution in [0.5, 0.6) is 0 Å². The third-order valence-electron chi connectivity index (χ3n) is 3.51. The normalized spacial score (nSPS) is 12.1. The minimum absolute atomic E-state index is 0.331. The Balaban J connectivity index is 2.69. The van der Waals surface area contributed by atoms with Gasteiger partial charge in [0.25, 0.3) is 0 Å². The van der Waals surface area contributed by atoms with Crippen molar-refractivity contribution >= 4 is 15.7 Å². The summed E-state index contributed by atoms with van der Waals surface area (Å²) in [5.41, 5.74) is 0.672. The van der Waals surface area contributed by atoms with Crippen molar-refractivity contribution in [2.75, 3.05) is 45.6 Å². The zero-order valence-corrected chi connectivity index (χ0v) is 14.3. The van der Waals surface area contributed by atoms with Crippen LogP contribution in [0.25, 0.3) is 0 Å². The molecule has 0 aromatic heterocycles. The molecule has 0 radical (unpaired) electrons. The number of anilines is 1. The monoisotopic (exact) mass is 313 g/mol. The Hall–Kier alpha value is -1.11. The van der Waals surface area contributed by atoms with Crippen molar-refractivity contribution in [3.8, 4) is 0 Å². The van der Waals surface area contributed by atoms with Gasteiger partial charge in [-0.3, -0.25) is 0 Å².